The van der Waals surface area contributed by atoms with E-state index in [4.69, 9.17) is 27.5 Å². The summed E-state index contributed by atoms with van der Waals surface area (Å²) < 4.78 is 11.8. The normalized spacial score (nSPS) is 17.9. The maximum absolute atomic E-state index is 11.2. The predicted molar refractivity (Wildman–Crippen MR) is 142 cm³/mol. The van der Waals surface area contributed by atoms with Crippen molar-refractivity contribution in [3.63, 3.8) is 0 Å². The number of pyridine rings is 1. The van der Waals surface area contributed by atoms with Crippen LogP contribution in [0.2, 0.25) is 5.02 Å². The maximum Gasteiger partial charge on any atom is 0.148 e. The number of rotatable bonds is 6. The van der Waals surface area contributed by atoms with Crippen molar-refractivity contribution >= 4 is 17.2 Å². The number of ether oxygens (including phenoxy) is 2. The summed E-state index contributed by atoms with van der Waals surface area (Å²) >= 11 is 6.02. The van der Waals surface area contributed by atoms with Crippen molar-refractivity contribution < 1.29 is 14.6 Å². The van der Waals surface area contributed by atoms with Gasteiger partial charge in [0.2, 0.25) is 0 Å². The number of nitrogens with zero attached hydrogens (tertiary/aromatic N) is 2. The molecule has 2 aliphatic rings. The molecule has 5 nitrogen and oxygen atoms in total. The number of fused-ring (bicyclic) bond motifs is 2. The second kappa shape index (κ2) is 10.8. The molecule has 0 aliphatic carbocycles. The number of halogens is 1. The second-order valence-electron chi connectivity index (χ2n) is 9.22. The van der Waals surface area contributed by atoms with Gasteiger partial charge in [-0.15, -0.1) is 6.42 Å². The van der Waals surface area contributed by atoms with Crippen LogP contribution in [0.15, 0.2) is 66.9 Å². The van der Waals surface area contributed by atoms with E-state index in [0.717, 1.165) is 59.8 Å². The molecule has 1 saturated heterocycles. The van der Waals surface area contributed by atoms with E-state index < -0.39 is 5.60 Å². The van der Waals surface area contributed by atoms with Gasteiger partial charge in [-0.1, -0.05) is 41.8 Å². The monoisotopic (exact) mass is 500 g/mol. The van der Waals surface area contributed by atoms with Gasteiger partial charge in [-0.05, 0) is 66.8 Å². The fraction of sp³-hybridized carbons (Fsp3) is 0.300. The highest BCUT2D eigenvalue weighted by atomic mass is 35.5. The zero-order chi connectivity index (χ0) is 25.0. The number of terminal acetylenes is 1. The summed E-state index contributed by atoms with van der Waals surface area (Å²) in [6, 6.07) is 17.4. The van der Waals surface area contributed by atoms with Gasteiger partial charge in [0.25, 0.3) is 0 Å². The third-order valence-electron chi connectivity index (χ3n) is 6.97. The van der Waals surface area contributed by atoms with Crippen molar-refractivity contribution in [2.75, 3.05) is 26.2 Å². The van der Waals surface area contributed by atoms with E-state index in [-0.39, 0.29) is 6.61 Å². The van der Waals surface area contributed by atoms with Gasteiger partial charge in [-0.25, -0.2) is 0 Å². The summed E-state index contributed by atoms with van der Waals surface area (Å²) in [5.74, 6) is 4.04. The van der Waals surface area contributed by atoms with Gasteiger partial charge in [0.05, 0.1) is 11.3 Å². The molecular weight excluding hydrogens is 472 g/mol. The molecule has 0 atom stereocenters. The van der Waals surface area contributed by atoms with E-state index in [1.54, 1.807) is 6.20 Å². The second-order valence-corrected chi connectivity index (χ2v) is 9.66. The van der Waals surface area contributed by atoms with Crippen molar-refractivity contribution in [2.45, 2.75) is 31.5 Å². The predicted octanol–water partition coefficient (Wildman–Crippen LogP) is 5.44. The molecule has 6 heteroatoms. The lowest BCUT2D eigenvalue weighted by Crippen LogP contribution is -2.42. The Morgan fingerprint density at radius 3 is 2.72 bits per heavy atom. The minimum atomic E-state index is -0.795. The topological polar surface area (TPSA) is 54.8 Å². The quantitative estimate of drug-likeness (QED) is 0.456. The van der Waals surface area contributed by atoms with Gasteiger partial charge in [-0.2, -0.15) is 0 Å². The molecule has 3 heterocycles. The van der Waals surface area contributed by atoms with Crippen molar-refractivity contribution in [2.24, 2.45) is 0 Å². The molecule has 2 aromatic carbocycles. The van der Waals surface area contributed by atoms with Crippen LogP contribution in [0.25, 0.3) is 5.57 Å². The van der Waals surface area contributed by atoms with Crippen LogP contribution in [-0.4, -0.2) is 41.2 Å². The molecular formula is C30H29ClN2O3. The van der Waals surface area contributed by atoms with Crippen LogP contribution >= 0.6 is 11.6 Å². The van der Waals surface area contributed by atoms with E-state index in [1.165, 1.54) is 0 Å². The first-order valence-corrected chi connectivity index (χ1v) is 12.6. The Labute approximate surface area is 217 Å². The summed E-state index contributed by atoms with van der Waals surface area (Å²) in [7, 11) is 0. The lowest BCUT2D eigenvalue weighted by Gasteiger charge is -2.38. The number of aliphatic hydroxyl groups is 1. The van der Waals surface area contributed by atoms with Crippen LogP contribution in [0.5, 0.6) is 11.5 Å². The van der Waals surface area contributed by atoms with E-state index in [1.807, 2.05) is 48.5 Å². The van der Waals surface area contributed by atoms with Gasteiger partial charge < -0.3 is 19.5 Å². The zero-order valence-corrected chi connectivity index (χ0v) is 20.9. The highest BCUT2D eigenvalue weighted by molar-refractivity contribution is 6.30. The number of hydrogen-bond acceptors (Lipinski definition) is 5. The molecule has 0 bridgehead atoms. The molecule has 0 amide bonds. The van der Waals surface area contributed by atoms with Gasteiger partial charge in [0.15, 0.2) is 0 Å². The molecule has 3 aromatic rings. The fourth-order valence-electron chi connectivity index (χ4n) is 4.96. The molecule has 1 N–H and O–H groups in total. The van der Waals surface area contributed by atoms with Gasteiger partial charge in [0, 0.05) is 42.0 Å². The molecule has 5 rings (SSSR count). The summed E-state index contributed by atoms with van der Waals surface area (Å²) in [5, 5.41) is 11.9. The van der Waals surface area contributed by atoms with Crippen molar-refractivity contribution in [3.05, 3.63) is 94.3 Å². The van der Waals surface area contributed by atoms with Crippen LogP contribution in [0.3, 0.4) is 0 Å². The average molecular weight is 501 g/mol. The summed E-state index contributed by atoms with van der Waals surface area (Å²) in [6.07, 6.45) is 11.7. The highest BCUT2D eigenvalue weighted by Crippen LogP contribution is 2.39. The first kappa shape index (κ1) is 24.4. The molecule has 1 fully saturated rings. The molecule has 36 heavy (non-hydrogen) atoms. The number of benzene rings is 2. The van der Waals surface area contributed by atoms with Crippen LogP contribution < -0.4 is 9.47 Å². The Morgan fingerprint density at radius 2 is 1.94 bits per heavy atom. The van der Waals surface area contributed by atoms with Crippen LogP contribution in [0.1, 0.15) is 41.6 Å². The van der Waals surface area contributed by atoms with E-state index in [9.17, 15) is 5.11 Å². The van der Waals surface area contributed by atoms with E-state index >= 15 is 0 Å². The van der Waals surface area contributed by atoms with E-state index in [2.05, 4.69) is 27.9 Å². The van der Waals surface area contributed by atoms with E-state index in [0.29, 0.717) is 30.2 Å². The summed E-state index contributed by atoms with van der Waals surface area (Å²) in [5.41, 5.74) is 4.20. The van der Waals surface area contributed by atoms with Gasteiger partial charge in [0.1, 0.15) is 24.7 Å². The Bertz CT molecular complexity index is 1290. The summed E-state index contributed by atoms with van der Waals surface area (Å²) in [4.78, 5) is 6.97. The van der Waals surface area contributed by atoms with Crippen LogP contribution in [0, 0.1) is 12.3 Å². The Hall–Kier alpha value is -3.30. The standard InChI is InChI=1S/C30H29ClN2O3/c1-2-19-35-24-11-12-29-27(20-24)25(26-5-3-15-32-28(26)21-36-29)6-4-16-33-17-13-30(34,14-18-33)22-7-9-23(31)10-8-22/h1,3,5-12,15,20,34H,4,13-14,16-19,21H2/b25-6+. The first-order valence-electron chi connectivity index (χ1n) is 12.2. The van der Waals surface area contributed by atoms with Crippen molar-refractivity contribution in [1.29, 1.82) is 0 Å². The molecule has 184 valence electrons. The Balaban J connectivity index is 1.32. The third-order valence-corrected chi connectivity index (χ3v) is 7.22. The zero-order valence-electron chi connectivity index (χ0n) is 20.1. The van der Waals surface area contributed by atoms with Crippen LogP contribution in [-0.2, 0) is 12.2 Å². The lowest BCUT2D eigenvalue weighted by molar-refractivity contribution is -0.0254. The van der Waals surface area contributed by atoms with Gasteiger partial charge in [-0.3, -0.25) is 4.98 Å². The molecule has 0 radical (unpaired) electrons. The highest BCUT2D eigenvalue weighted by Gasteiger charge is 2.33. The lowest BCUT2D eigenvalue weighted by atomic mass is 9.84. The van der Waals surface area contributed by atoms with Crippen LogP contribution in [0.4, 0.5) is 0 Å². The summed E-state index contributed by atoms with van der Waals surface area (Å²) in [6.45, 7) is 3.21. The largest absolute Gasteiger partial charge is 0.487 e. The Kier molecular flexibility index (Phi) is 7.29. The first-order chi connectivity index (χ1) is 17.6. The molecule has 0 unspecified atom stereocenters. The average Bonchev–Trinajstić information content (AvgIpc) is 3.06. The minimum Gasteiger partial charge on any atom is -0.487 e. The van der Waals surface area contributed by atoms with Gasteiger partial charge >= 0.3 is 0 Å². The molecule has 1 aromatic heterocycles. The minimum absolute atomic E-state index is 0.216. The molecule has 0 spiro atoms. The maximum atomic E-state index is 11.2. The fourth-order valence-corrected chi connectivity index (χ4v) is 5.08. The van der Waals surface area contributed by atoms with Crippen molar-refractivity contribution in [1.82, 2.24) is 9.88 Å². The number of piperidine rings is 1. The number of likely N-dealkylation sites (tertiary alicyclic amines) is 1. The number of hydrogen-bond donors (Lipinski definition) is 1. The SMILES string of the molecule is C#CCOc1ccc2c(c1)/C(=C/CCN1CCC(O)(c3ccc(Cl)cc3)CC1)c1cccnc1CO2. The third kappa shape index (κ3) is 5.27. The smallest absolute Gasteiger partial charge is 0.148 e. The Morgan fingerprint density at radius 1 is 1.14 bits per heavy atom. The molecule has 0 saturated carbocycles. The number of aromatic nitrogens is 1. The molecule has 2 aliphatic heterocycles. The van der Waals surface area contributed by atoms with Crippen molar-refractivity contribution in [3.8, 4) is 23.8 Å².